The van der Waals surface area contributed by atoms with E-state index in [1.54, 1.807) is 0 Å². The maximum absolute atomic E-state index is 10.0. The predicted molar refractivity (Wildman–Crippen MR) is 63.1 cm³/mol. The van der Waals surface area contributed by atoms with E-state index in [2.05, 4.69) is 32.0 Å². The fraction of sp³-hybridized carbons (Fsp3) is 0.571. The summed E-state index contributed by atoms with van der Waals surface area (Å²) >= 11 is 0. The van der Waals surface area contributed by atoms with Gasteiger partial charge in [-0.05, 0) is 32.3 Å². The van der Waals surface area contributed by atoms with Crippen molar-refractivity contribution in [1.82, 2.24) is 0 Å². The van der Waals surface area contributed by atoms with Gasteiger partial charge in [0.15, 0.2) is 0 Å². The highest BCUT2D eigenvalue weighted by Crippen LogP contribution is 2.33. The third-order valence-corrected chi connectivity index (χ3v) is 3.40. The van der Waals surface area contributed by atoms with Crippen LogP contribution in [0.15, 0.2) is 18.2 Å². The van der Waals surface area contributed by atoms with E-state index in [0.717, 1.165) is 12.8 Å². The van der Waals surface area contributed by atoms with Crippen LogP contribution in [0.2, 0.25) is 0 Å². The van der Waals surface area contributed by atoms with Crippen molar-refractivity contribution in [2.45, 2.75) is 51.6 Å². The molecule has 1 N–H and O–H groups in total. The van der Waals surface area contributed by atoms with E-state index in [1.165, 1.54) is 29.5 Å². The number of aliphatic hydroxyl groups excluding tert-OH is 1. The van der Waals surface area contributed by atoms with Crippen LogP contribution in [-0.4, -0.2) is 11.2 Å². The fourth-order valence-corrected chi connectivity index (χ4v) is 2.72. The summed E-state index contributed by atoms with van der Waals surface area (Å²) in [7, 11) is 0. The van der Waals surface area contributed by atoms with Gasteiger partial charge < -0.3 is 5.11 Å². The van der Waals surface area contributed by atoms with E-state index in [9.17, 15) is 5.11 Å². The van der Waals surface area contributed by atoms with Gasteiger partial charge in [-0.15, -0.1) is 0 Å². The Morgan fingerprint density at radius 3 is 2.20 bits per heavy atom. The first-order valence-corrected chi connectivity index (χ1v) is 5.93. The molecule has 0 spiro atoms. The molecule has 15 heavy (non-hydrogen) atoms. The summed E-state index contributed by atoms with van der Waals surface area (Å²) in [6.07, 6.45) is 4.43. The second-order valence-electron chi connectivity index (χ2n) is 4.88. The van der Waals surface area contributed by atoms with Crippen molar-refractivity contribution < 1.29 is 5.11 Å². The Kier molecular flexibility index (Phi) is 3.11. The molecule has 1 aliphatic rings. The standard InChI is InChI=1S/C14H20O/c1-10-7-11(2)9-12(8-10)13-5-3-4-6-14(13)15/h7-9,13-15H,3-6H2,1-2H3. The largest absolute Gasteiger partial charge is 0.392 e. The van der Waals surface area contributed by atoms with Gasteiger partial charge in [0.2, 0.25) is 0 Å². The molecule has 0 bridgehead atoms. The lowest BCUT2D eigenvalue weighted by Crippen LogP contribution is -2.22. The fourth-order valence-electron chi connectivity index (χ4n) is 2.72. The highest BCUT2D eigenvalue weighted by atomic mass is 16.3. The molecule has 1 nitrogen and oxygen atoms in total. The zero-order valence-corrected chi connectivity index (χ0v) is 9.66. The number of hydrogen-bond acceptors (Lipinski definition) is 1. The number of aryl methyl sites for hydroxylation is 2. The molecule has 0 aromatic heterocycles. The maximum Gasteiger partial charge on any atom is 0.0608 e. The molecule has 82 valence electrons. The van der Waals surface area contributed by atoms with Gasteiger partial charge in [-0.3, -0.25) is 0 Å². The molecular formula is C14H20O. The molecule has 1 aromatic rings. The van der Waals surface area contributed by atoms with Gasteiger partial charge in [-0.2, -0.15) is 0 Å². The Labute approximate surface area is 92.1 Å². The molecule has 0 saturated heterocycles. The normalized spacial score (nSPS) is 26.6. The van der Waals surface area contributed by atoms with Crippen LogP contribution < -0.4 is 0 Å². The molecule has 1 fully saturated rings. The molecule has 2 atom stereocenters. The van der Waals surface area contributed by atoms with E-state index in [-0.39, 0.29) is 6.10 Å². The van der Waals surface area contributed by atoms with Crippen LogP contribution in [0, 0.1) is 13.8 Å². The van der Waals surface area contributed by atoms with Crippen molar-refractivity contribution in [2.24, 2.45) is 0 Å². The van der Waals surface area contributed by atoms with E-state index >= 15 is 0 Å². The van der Waals surface area contributed by atoms with E-state index in [4.69, 9.17) is 0 Å². The Morgan fingerprint density at radius 2 is 1.60 bits per heavy atom. The van der Waals surface area contributed by atoms with Gasteiger partial charge in [0, 0.05) is 5.92 Å². The number of benzene rings is 1. The molecule has 1 aliphatic carbocycles. The van der Waals surface area contributed by atoms with Crippen molar-refractivity contribution in [3.8, 4) is 0 Å². The highest BCUT2D eigenvalue weighted by molar-refractivity contribution is 5.31. The molecule has 2 rings (SSSR count). The second-order valence-corrected chi connectivity index (χ2v) is 4.88. The minimum Gasteiger partial charge on any atom is -0.392 e. The van der Waals surface area contributed by atoms with Crippen LogP contribution in [0.4, 0.5) is 0 Å². The summed E-state index contributed by atoms with van der Waals surface area (Å²) in [4.78, 5) is 0. The number of rotatable bonds is 1. The van der Waals surface area contributed by atoms with Crippen LogP contribution in [0.1, 0.15) is 48.3 Å². The lowest BCUT2D eigenvalue weighted by Gasteiger charge is -2.28. The van der Waals surface area contributed by atoms with E-state index in [1.807, 2.05) is 0 Å². The van der Waals surface area contributed by atoms with Crippen molar-refractivity contribution in [2.75, 3.05) is 0 Å². The lowest BCUT2D eigenvalue weighted by atomic mass is 9.81. The SMILES string of the molecule is Cc1cc(C)cc(C2CCCCC2O)c1. The third kappa shape index (κ3) is 2.40. The van der Waals surface area contributed by atoms with E-state index in [0.29, 0.717) is 5.92 Å². The average Bonchev–Trinajstić information content (AvgIpc) is 2.16. The summed E-state index contributed by atoms with van der Waals surface area (Å²) in [6.45, 7) is 4.26. The van der Waals surface area contributed by atoms with Gasteiger partial charge in [0.1, 0.15) is 0 Å². The maximum atomic E-state index is 10.0. The molecule has 1 heteroatoms. The summed E-state index contributed by atoms with van der Waals surface area (Å²) in [5, 5.41) is 10.0. The van der Waals surface area contributed by atoms with Gasteiger partial charge in [-0.25, -0.2) is 0 Å². The van der Waals surface area contributed by atoms with Crippen LogP contribution in [-0.2, 0) is 0 Å². The van der Waals surface area contributed by atoms with Gasteiger partial charge in [0.05, 0.1) is 6.10 Å². The van der Waals surface area contributed by atoms with Crippen molar-refractivity contribution in [3.63, 3.8) is 0 Å². The van der Waals surface area contributed by atoms with Crippen LogP contribution >= 0.6 is 0 Å². The highest BCUT2D eigenvalue weighted by Gasteiger charge is 2.24. The second kappa shape index (κ2) is 4.36. The van der Waals surface area contributed by atoms with Crippen molar-refractivity contribution >= 4 is 0 Å². The minimum atomic E-state index is -0.125. The number of hydrogen-bond donors (Lipinski definition) is 1. The summed E-state index contributed by atoms with van der Waals surface area (Å²) in [5.41, 5.74) is 3.95. The van der Waals surface area contributed by atoms with Gasteiger partial charge in [-0.1, -0.05) is 42.2 Å². The first-order valence-electron chi connectivity index (χ1n) is 5.93. The van der Waals surface area contributed by atoms with Crippen LogP contribution in [0.25, 0.3) is 0 Å². The quantitative estimate of drug-likeness (QED) is 0.744. The predicted octanol–water partition coefficient (Wildman–Crippen LogP) is 3.32. The Hall–Kier alpha value is -0.820. The molecule has 0 aliphatic heterocycles. The van der Waals surface area contributed by atoms with Gasteiger partial charge >= 0.3 is 0 Å². The topological polar surface area (TPSA) is 20.2 Å². The molecule has 0 amide bonds. The van der Waals surface area contributed by atoms with E-state index < -0.39 is 0 Å². The summed E-state index contributed by atoms with van der Waals surface area (Å²) < 4.78 is 0. The Bertz CT molecular complexity index is 323. The smallest absolute Gasteiger partial charge is 0.0608 e. The number of aliphatic hydroxyl groups is 1. The van der Waals surface area contributed by atoms with Crippen LogP contribution in [0.3, 0.4) is 0 Å². The zero-order chi connectivity index (χ0) is 10.8. The van der Waals surface area contributed by atoms with Gasteiger partial charge in [0.25, 0.3) is 0 Å². The average molecular weight is 204 g/mol. The van der Waals surface area contributed by atoms with Crippen molar-refractivity contribution in [3.05, 3.63) is 34.9 Å². The molecule has 0 heterocycles. The molecule has 2 unspecified atom stereocenters. The lowest BCUT2D eigenvalue weighted by molar-refractivity contribution is 0.106. The zero-order valence-electron chi connectivity index (χ0n) is 9.66. The Balaban J connectivity index is 2.27. The molecule has 0 radical (unpaired) electrons. The van der Waals surface area contributed by atoms with Crippen molar-refractivity contribution in [1.29, 1.82) is 0 Å². The monoisotopic (exact) mass is 204 g/mol. The molecule has 1 saturated carbocycles. The molecule has 1 aromatic carbocycles. The third-order valence-electron chi connectivity index (χ3n) is 3.40. The molecular weight excluding hydrogens is 184 g/mol. The Morgan fingerprint density at radius 1 is 1.00 bits per heavy atom. The summed E-state index contributed by atoms with van der Waals surface area (Å²) in [6, 6.07) is 6.65. The van der Waals surface area contributed by atoms with Crippen LogP contribution in [0.5, 0.6) is 0 Å². The first kappa shape index (κ1) is 10.7. The summed E-state index contributed by atoms with van der Waals surface area (Å²) in [5.74, 6) is 0.373. The first-order chi connectivity index (χ1) is 7.16. The minimum absolute atomic E-state index is 0.125.